The first kappa shape index (κ1) is 13.4. The van der Waals surface area contributed by atoms with Gasteiger partial charge in [0.15, 0.2) is 11.9 Å². The molecular weight excluding hydrogens is 194 g/mol. The molecule has 2 heteroatoms. The van der Waals surface area contributed by atoms with Gasteiger partial charge >= 0.3 is 0 Å². The average molecular weight is 214 g/mol. The fraction of sp³-hybridized carbons (Fsp3) is 0.583. The first-order valence-electron chi connectivity index (χ1n) is 5.29. The number of hydrogen-bond donors (Lipinski definition) is 0. The van der Waals surface area contributed by atoms with Gasteiger partial charge in [-0.1, -0.05) is 25.8 Å². The van der Waals surface area contributed by atoms with Crippen LogP contribution in [-0.2, 0) is 6.54 Å². The summed E-state index contributed by atoms with van der Waals surface area (Å²) in [4.78, 5) is 0. The molecule has 80 valence electrons. The lowest BCUT2D eigenvalue weighted by atomic mass is 10.2. The van der Waals surface area contributed by atoms with Crippen molar-refractivity contribution in [1.29, 1.82) is 0 Å². The minimum Gasteiger partial charge on any atom is -1.00 e. The van der Waals surface area contributed by atoms with Crippen molar-refractivity contribution >= 4 is 0 Å². The van der Waals surface area contributed by atoms with Gasteiger partial charge < -0.3 is 12.4 Å². The summed E-state index contributed by atoms with van der Waals surface area (Å²) >= 11 is 0. The van der Waals surface area contributed by atoms with E-state index in [4.69, 9.17) is 0 Å². The first-order valence-corrected chi connectivity index (χ1v) is 5.29. The summed E-state index contributed by atoms with van der Waals surface area (Å²) in [5.41, 5.74) is 1.36. The normalized spacial score (nSPS) is 9.57. The zero-order valence-electron chi connectivity index (χ0n) is 9.17. The lowest BCUT2D eigenvalue weighted by Gasteiger charge is -1.99. The Morgan fingerprint density at radius 1 is 1.14 bits per heavy atom. The summed E-state index contributed by atoms with van der Waals surface area (Å²) in [5.74, 6) is 0. The second-order valence-electron chi connectivity index (χ2n) is 3.60. The van der Waals surface area contributed by atoms with Crippen LogP contribution in [0.1, 0.15) is 38.3 Å². The van der Waals surface area contributed by atoms with Crippen LogP contribution in [0, 0.1) is 6.92 Å². The smallest absolute Gasteiger partial charge is 0.178 e. The molecule has 0 aromatic carbocycles. The molecule has 0 saturated carbocycles. The maximum absolute atomic E-state index is 2.33. The zero-order valence-corrected chi connectivity index (χ0v) is 9.93. The summed E-state index contributed by atoms with van der Waals surface area (Å²) in [6.45, 7) is 5.59. The lowest BCUT2D eigenvalue weighted by molar-refractivity contribution is -0.703. The van der Waals surface area contributed by atoms with Crippen molar-refractivity contribution in [3.8, 4) is 0 Å². The highest BCUT2D eigenvalue weighted by atomic mass is 35.5. The summed E-state index contributed by atoms with van der Waals surface area (Å²) < 4.78 is 2.33. The van der Waals surface area contributed by atoms with E-state index in [-0.39, 0.29) is 12.4 Å². The van der Waals surface area contributed by atoms with Gasteiger partial charge in [0.05, 0.1) is 0 Å². The van der Waals surface area contributed by atoms with Crippen molar-refractivity contribution in [3.05, 3.63) is 30.1 Å². The minimum atomic E-state index is 0. The first-order chi connectivity index (χ1) is 6.34. The molecule has 1 nitrogen and oxygen atoms in total. The molecule has 1 aromatic rings. The van der Waals surface area contributed by atoms with E-state index >= 15 is 0 Å². The molecule has 0 N–H and O–H groups in total. The van der Waals surface area contributed by atoms with Crippen LogP contribution < -0.4 is 17.0 Å². The second kappa shape index (κ2) is 7.81. The van der Waals surface area contributed by atoms with Crippen LogP contribution in [0.3, 0.4) is 0 Å². The van der Waals surface area contributed by atoms with Crippen molar-refractivity contribution in [1.82, 2.24) is 0 Å². The largest absolute Gasteiger partial charge is 1.00 e. The lowest BCUT2D eigenvalue weighted by Crippen LogP contribution is -3.00. The third-order valence-electron chi connectivity index (χ3n) is 2.42. The van der Waals surface area contributed by atoms with E-state index in [1.807, 2.05) is 0 Å². The topological polar surface area (TPSA) is 3.88 Å². The summed E-state index contributed by atoms with van der Waals surface area (Å²) in [7, 11) is 0. The third kappa shape index (κ3) is 4.61. The van der Waals surface area contributed by atoms with Crippen molar-refractivity contribution in [2.45, 2.75) is 46.1 Å². The molecule has 0 unspecified atom stereocenters. The van der Waals surface area contributed by atoms with E-state index in [2.05, 4.69) is 42.8 Å². The van der Waals surface area contributed by atoms with E-state index in [0.29, 0.717) is 0 Å². The van der Waals surface area contributed by atoms with Gasteiger partial charge in [-0.05, 0) is 6.42 Å². The fourth-order valence-electron chi connectivity index (χ4n) is 1.52. The molecule has 0 radical (unpaired) electrons. The van der Waals surface area contributed by atoms with Gasteiger partial charge in [-0.3, -0.25) is 0 Å². The number of rotatable bonds is 5. The Labute approximate surface area is 93.6 Å². The highest BCUT2D eigenvalue weighted by molar-refractivity contribution is 4.93. The average Bonchev–Trinajstić information content (AvgIpc) is 2.15. The van der Waals surface area contributed by atoms with Gasteiger partial charge in [0.1, 0.15) is 6.54 Å². The predicted molar refractivity (Wildman–Crippen MR) is 55.5 cm³/mol. The molecule has 0 bridgehead atoms. The van der Waals surface area contributed by atoms with Crippen molar-refractivity contribution in [3.63, 3.8) is 0 Å². The van der Waals surface area contributed by atoms with Crippen LogP contribution in [0.2, 0.25) is 0 Å². The van der Waals surface area contributed by atoms with Crippen LogP contribution in [0.4, 0.5) is 0 Å². The van der Waals surface area contributed by atoms with Crippen LogP contribution in [0.15, 0.2) is 24.4 Å². The second-order valence-corrected chi connectivity index (χ2v) is 3.60. The molecule has 0 fully saturated rings. The molecule has 1 rings (SSSR count). The van der Waals surface area contributed by atoms with Gasteiger partial charge in [0, 0.05) is 25.5 Å². The number of unbranched alkanes of at least 4 members (excludes halogenated alkanes) is 3. The van der Waals surface area contributed by atoms with Gasteiger partial charge in [-0.25, -0.2) is 4.57 Å². The predicted octanol–water partition coefficient (Wildman–Crippen LogP) is -0.133. The Kier molecular flexibility index (Phi) is 7.50. The number of aryl methyl sites for hydroxylation is 2. The standard InChI is InChI=1S/C12H20N.ClH/c1-3-4-5-7-10-13-11-8-6-9-12(13)2;/h6,8-9,11H,3-5,7,10H2,1-2H3;1H/q+1;/p-1. The van der Waals surface area contributed by atoms with Crippen LogP contribution >= 0.6 is 0 Å². The molecule has 14 heavy (non-hydrogen) atoms. The van der Waals surface area contributed by atoms with Gasteiger partial charge in [0.25, 0.3) is 0 Å². The summed E-state index contributed by atoms with van der Waals surface area (Å²) in [6.07, 6.45) is 7.52. The summed E-state index contributed by atoms with van der Waals surface area (Å²) in [5, 5.41) is 0. The molecule has 1 heterocycles. The van der Waals surface area contributed by atoms with E-state index < -0.39 is 0 Å². The Hall–Kier alpha value is -0.560. The Balaban J connectivity index is 0.00000169. The third-order valence-corrected chi connectivity index (χ3v) is 2.42. The SMILES string of the molecule is CCCCCC[n+]1ccccc1C.[Cl-]. The van der Waals surface area contributed by atoms with E-state index in [9.17, 15) is 0 Å². The monoisotopic (exact) mass is 213 g/mol. The van der Waals surface area contributed by atoms with Crippen LogP contribution in [0.5, 0.6) is 0 Å². The number of nitrogens with zero attached hydrogens (tertiary/aromatic N) is 1. The van der Waals surface area contributed by atoms with Gasteiger partial charge in [0.2, 0.25) is 0 Å². The zero-order chi connectivity index (χ0) is 9.52. The van der Waals surface area contributed by atoms with E-state index in [1.165, 1.54) is 37.9 Å². The molecule has 0 aliphatic rings. The van der Waals surface area contributed by atoms with Gasteiger partial charge in [-0.2, -0.15) is 0 Å². The van der Waals surface area contributed by atoms with Crippen molar-refractivity contribution in [2.24, 2.45) is 0 Å². The molecule has 0 atom stereocenters. The highest BCUT2D eigenvalue weighted by Gasteiger charge is 2.02. The summed E-state index contributed by atoms with van der Waals surface area (Å²) in [6, 6.07) is 6.37. The van der Waals surface area contributed by atoms with E-state index in [0.717, 1.165) is 0 Å². The molecule has 0 aliphatic heterocycles. The maximum Gasteiger partial charge on any atom is 0.178 e. The molecule has 0 spiro atoms. The minimum absolute atomic E-state index is 0. The Morgan fingerprint density at radius 3 is 2.57 bits per heavy atom. The highest BCUT2D eigenvalue weighted by Crippen LogP contribution is 1.99. The maximum atomic E-state index is 2.33. The van der Waals surface area contributed by atoms with Crippen molar-refractivity contribution < 1.29 is 17.0 Å². The van der Waals surface area contributed by atoms with Crippen molar-refractivity contribution in [2.75, 3.05) is 0 Å². The molecular formula is C12H20ClN. The number of pyridine rings is 1. The van der Waals surface area contributed by atoms with Crippen LogP contribution in [0.25, 0.3) is 0 Å². The number of halogens is 1. The Morgan fingerprint density at radius 2 is 1.93 bits per heavy atom. The van der Waals surface area contributed by atoms with Gasteiger partial charge in [-0.15, -0.1) is 0 Å². The Bertz CT molecular complexity index is 248. The number of hydrogen-bond acceptors (Lipinski definition) is 0. The quantitative estimate of drug-likeness (QED) is 0.474. The molecule has 0 amide bonds. The molecule has 1 aromatic heterocycles. The number of aromatic nitrogens is 1. The van der Waals surface area contributed by atoms with E-state index in [1.54, 1.807) is 0 Å². The molecule has 0 saturated heterocycles. The molecule has 0 aliphatic carbocycles. The fourth-order valence-corrected chi connectivity index (χ4v) is 1.52. The van der Waals surface area contributed by atoms with Crippen LogP contribution in [-0.4, -0.2) is 0 Å².